The molecular formula is C14H18ClN5O2S. The number of hydrogen-bond acceptors (Lipinski definition) is 5. The summed E-state index contributed by atoms with van der Waals surface area (Å²) in [4.78, 5) is 30.4. The first-order valence-electron chi connectivity index (χ1n) is 7.12. The van der Waals surface area contributed by atoms with E-state index >= 15 is 0 Å². The van der Waals surface area contributed by atoms with Crippen LogP contribution < -0.4 is 16.4 Å². The molecule has 0 saturated carbocycles. The van der Waals surface area contributed by atoms with E-state index in [2.05, 4.69) is 20.6 Å². The van der Waals surface area contributed by atoms with Crippen molar-refractivity contribution in [2.24, 2.45) is 5.73 Å². The maximum Gasteiger partial charge on any atom is 0.265 e. The third kappa shape index (κ3) is 4.10. The van der Waals surface area contributed by atoms with Crippen molar-refractivity contribution in [1.29, 1.82) is 0 Å². The van der Waals surface area contributed by atoms with E-state index in [1.54, 1.807) is 12.3 Å². The quantitative estimate of drug-likeness (QED) is 0.669. The SMILES string of the molecule is Cl.NC(=O)c1cc(-c2csc(NC(=O)C3CCCCN3)n2)c[nH]1. The van der Waals surface area contributed by atoms with Gasteiger partial charge in [-0.15, -0.1) is 23.7 Å². The number of hydrogen-bond donors (Lipinski definition) is 4. The van der Waals surface area contributed by atoms with Crippen LogP contribution in [-0.4, -0.2) is 34.4 Å². The molecule has 1 fully saturated rings. The van der Waals surface area contributed by atoms with Crippen molar-refractivity contribution in [3.8, 4) is 11.3 Å². The van der Waals surface area contributed by atoms with E-state index in [-0.39, 0.29) is 24.4 Å². The van der Waals surface area contributed by atoms with Gasteiger partial charge >= 0.3 is 0 Å². The Morgan fingerprint density at radius 3 is 2.87 bits per heavy atom. The van der Waals surface area contributed by atoms with Crippen LogP contribution in [0.1, 0.15) is 29.8 Å². The number of anilines is 1. The van der Waals surface area contributed by atoms with Crippen LogP contribution in [0.4, 0.5) is 5.13 Å². The second-order valence-electron chi connectivity index (χ2n) is 5.20. The minimum Gasteiger partial charge on any atom is -0.364 e. The van der Waals surface area contributed by atoms with Gasteiger partial charge in [-0.2, -0.15) is 0 Å². The Morgan fingerprint density at radius 1 is 1.39 bits per heavy atom. The fourth-order valence-corrected chi connectivity index (χ4v) is 3.14. The van der Waals surface area contributed by atoms with Gasteiger partial charge in [0.25, 0.3) is 5.91 Å². The summed E-state index contributed by atoms with van der Waals surface area (Å²) in [6.07, 6.45) is 4.70. The molecule has 2 aromatic rings. The molecule has 0 aliphatic carbocycles. The number of rotatable bonds is 4. The summed E-state index contributed by atoms with van der Waals surface area (Å²) in [5, 5.41) is 8.42. The van der Waals surface area contributed by atoms with Crippen molar-refractivity contribution < 1.29 is 9.59 Å². The Hall–Kier alpha value is -1.90. The molecule has 2 aromatic heterocycles. The van der Waals surface area contributed by atoms with Crippen molar-refractivity contribution in [3.63, 3.8) is 0 Å². The Kier molecular flexibility index (Phi) is 5.75. The maximum atomic E-state index is 12.1. The fraction of sp³-hybridized carbons (Fsp3) is 0.357. The molecule has 3 heterocycles. The van der Waals surface area contributed by atoms with Crippen molar-refractivity contribution in [1.82, 2.24) is 15.3 Å². The number of carbonyl (C=O) groups is 2. The second kappa shape index (κ2) is 7.58. The molecule has 2 amide bonds. The summed E-state index contributed by atoms with van der Waals surface area (Å²) in [5.74, 6) is -0.564. The topological polar surface area (TPSA) is 113 Å². The van der Waals surface area contributed by atoms with Crippen LogP contribution in [0, 0.1) is 0 Å². The van der Waals surface area contributed by atoms with Gasteiger partial charge in [-0.25, -0.2) is 4.98 Å². The average Bonchev–Trinajstić information content (AvgIpc) is 3.16. The third-order valence-corrected chi connectivity index (χ3v) is 4.36. The lowest BCUT2D eigenvalue weighted by molar-refractivity contribution is -0.118. The van der Waals surface area contributed by atoms with Gasteiger partial charge < -0.3 is 21.4 Å². The summed E-state index contributed by atoms with van der Waals surface area (Å²) in [7, 11) is 0. The van der Waals surface area contributed by atoms with E-state index in [1.807, 2.05) is 5.38 Å². The average molecular weight is 356 g/mol. The number of carbonyl (C=O) groups excluding carboxylic acids is 2. The third-order valence-electron chi connectivity index (χ3n) is 3.61. The lowest BCUT2D eigenvalue weighted by Crippen LogP contribution is -2.43. The molecule has 0 radical (unpaired) electrons. The number of nitrogens with zero attached hydrogens (tertiary/aromatic N) is 1. The Morgan fingerprint density at radius 2 is 2.22 bits per heavy atom. The number of piperidine rings is 1. The van der Waals surface area contributed by atoms with Crippen LogP contribution in [0.15, 0.2) is 17.6 Å². The number of thiazole rings is 1. The van der Waals surface area contributed by atoms with Gasteiger partial charge in [0.1, 0.15) is 5.69 Å². The molecule has 9 heteroatoms. The molecular weight excluding hydrogens is 338 g/mol. The predicted octanol–water partition coefficient (Wildman–Crippen LogP) is 1.74. The van der Waals surface area contributed by atoms with Gasteiger partial charge in [-0.3, -0.25) is 9.59 Å². The van der Waals surface area contributed by atoms with Crippen molar-refractivity contribution in [3.05, 3.63) is 23.3 Å². The van der Waals surface area contributed by atoms with Crippen LogP contribution >= 0.6 is 23.7 Å². The molecule has 1 aliphatic rings. The van der Waals surface area contributed by atoms with Crippen molar-refractivity contribution in [2.45, 2.75) is 25.3 Å². The van der Waals surface area contributed by atoms with E-state index in [0.717, 1.165) is 31.4 Å². The molecule has 124 valence electrons. The molecule has 23 heavy (non-hydrogen) atoms. The first-order valence-corrected chi connectivity index (χ1v) is 8.00. The molecule has 7 nitrogen and oxygen atoms in total. The normalized spacial score (nSPS) is 17.3. The molecule has 1 aliphatic heterocycles. The number of nitrogens with one attached hydrogen (secondary N) is 3. The highest BCUT2D eigenvalue weighted by molar-refractivity contribution is 7.14. The van der Waals surface area contributed by atoms with Gasteiger partial charge in [-0.05, 0) is 25.5 Å². The van der Waals surface area contributed by atoms with E-state index in [0.29, 0.717) is 16.5 Å². The highest BCUT2D eigenvalue weighted by Crippen LogP contribution is 2.25. The first kappa shape index (κ1) is 17.5. The number of H-pyrrole nitrogens is 1. The van der Waals surface area contributed by atoms with Crippen molar-refractivity contribution in [2.75, 3.05) is 11.9 Å². The van der Waals surface area contributed by atoms with Gasteiger partial charge in [0, 0.05) is 17.1 Å². The molecule has 0 spiro atoms. The zero-order valence-electron chi connectivity index (χ0n) is 12.3. The summed E-state index contributed by atoms with van der Waals surface area (Å²) in [6.45, 7) is 0.875. The molecule has 3 rings (SSSR count). The Bertz CT molecular complexity index is 693. The number of nitrogens with two attached hydrogens (primary N) is 1. The van der Waals surface area contributed by atoms with Gasteiger partial charge in [-0.1, -0.05) is 6.42 Å². The molecule has 0 bridgehead atoms. The van der Waals surface area contributed by atoms with Crippen LogP contribution in [0.2, 0.25) is 0 Å². The smallest absolute Gasteiger partial charge is 0.265 e. The minimum atomic E-state index is -0.515. The zero-order chi connectivity index (χ0) is 15.5. The second-order valence-corrected chi connectivity index (χ2v) is 6.05. The number of amides is 2. The van der Waals surface area contributed by atoms with Crippen LogP contribution in [0.25, 0.3) is 11.3 Å². The van der Waals surface area contributed by atoms with E-state index in [1.165, 1.54) is 11.3 Å². The molecule has 1 saturated heterocycles. The van der Waals surface area contributed by atoms with Crippen LogP contribution in [0.3, 0.4) is 0 Å². The summed E-state index contributed by atoms with van der Waals surface area (Å²) in [6, 6.07) is 1.50. The number of aromatic amines is 1. The Labute approximate surface area is 143 Å². The van der Waals surface area contributed by atoms with Gasteiger partial charge in [0.15, 0.2) is 5.13 Å². The predicted molar refractivity (Wildman–Crippen MR) is 91.9 cm³/mol. The summed E-state index contributed by atoms with van der Waals surface area (Å²) in [5.41, 5.74) is 7.00. The largest absolute Gasteiger partial charge is 0.364 e. The molecule has 1 unspecified atom stereocenters. The number of aromatic nitrogens is 2. The highest BCUT2D eigenvalue weighted by atomic mass is 35.5. The Balaban J connectivity index is 0.00000192. The van der Waals surface area contributed by atoms with Crippen molar-refractivity contribution >= 4 is 40.7 Å². The molecule has 5 N–H and O–H groups in total. The van der Waals surface area contributed by atoms with Gasteiger partial charge in [0.2, 0.25) is 5.91 Å². The summed E-state index contributed by atoms with van der Waals surface area (Å²) >= 11 is 1.35. The van der Waals surface area contributed by atoms with E-state index < -0.39 is 5.91 Å². The monoisotopic (exact) mass is 355 g/mol. The molecule has 0 aromatic carbocycles. The van der Waals surface area contributed by atoms with Crippen LogP contribution in [-0.2, 0) is 4.79 Å². The number of halogens is 1. The fourth-order valence-electron chi connectivity index (χ4n) is 2.42. The minimum absolute atomic E-state index is 0. The van der Waals surface area contributed by atoms with E-state index in [9.17, 15) is 9.59 Å². The molecule has 1 atom stereocenters. The maximum absolute atomic E-state index is 12.1. The zero-order valence-corrected chi connectivity index (χ0v) is 13.9. The summed E-state index contributed by atoms with van der Waals surface area (Å²) < 4.78 is 0. The lowest BCUT2D eigenvalue weighted by atomic mass is 10.0. The number of primary amides is 1. The van der Waals surface area contributed by atoms with E-state index in [4.69, 9.17) is 5.73 Å². The first-order chi connectivity index (χ1) is 10.6. The lowest BCUT2D eigenvalue weighted by Gasteiger charge is -2.21. The van der Waals surface area contributed by atoms with Crippen LogP contribution in [0.5, 0.6) is 0 Å². The standard InChI is InChI=1S/C14H17N5O2S.ClH/c15-12(20)10-5-8(6-17-10)11-7-22-14(18-11)19-13(21)9-3-1-2-4-16-9;/h5-7,9,16-17H,1-4H2,(H2,15,20)(H,18,19,21);1H. The highest BCUT2D eigenvalue weighted by Gasteiger charge is 2.21. The van der Waals surface area contributed by atoms with Gasteiger partial charge in [0.05, 0.1) is 11.7 Å².